The summed E-state index contributed by atoms with van der Waals surface area (Å²) in [5.74, 6) is 0.0485. The number of hydrogen-bond acceptors (Lipinski definition) is 3. The van der Waals surface area contributed by atoms with Gasteiger partial charge in [0.1, 0.15) is 6.04 Å². The third-order valence-corrected chi connectivity index (χ3v) is 1.41. The third-order valence-electron chi connectivity index (χ3n) is 1.04. The normalized spacial score (nSPS) is 25.7. The average Bonchev–Trinajstić information content (AvgIpc) is 2.10. The van der Waals surface area contributed by atoms with Crippen LogP contribution >= 0.6 is 12.6 Å². The molecule has 1 unspecified atom stereocenters. The summed E-state index contributed by atoms with van der Waals surface area (Å²) in [6.45, 7) is 0. The molecule has 2 N–H and O–H groups in total. The summed E-state index contributed by atoms with van der Waals surface area (Å²) < 4.78 is 0. The van der Waals surface area contributed by atoms with Gasteiger partial charge in [-0.25, -0.2) is 4.79 Å². The van der Waals surface area contributed by atoms with E-state index in [1.165, 1.54) is 0 Å². The maximum atomic E-state index is 10.6. The van der Waals surface area contributed by atoms with Gasteiger partial charge in [-0.1, -0.05) is 0 Å². The summed E-state index contributed by atoms with van der Waals surface area (Å²) in [5, 5.41) is 4.46. The van der Waals surface area contributed by atoms with Gasteiger partial charge in [0.25, 0.3) is 5.91 Å². The van der Waals surface area contributed by atoms with E-state index in [0.29, 0.717) is 5.75 Å². The average molecular weight is 146 g/mol. The maximum absolute atomic E-state index is 10.6. The van der Waals surface area contributed by atoms with Crippen molar-refractivity contribution >= 4 is 24.6 Å². The number of thiol groups is 1. The van der Waals surface area contributed by atoms with E-state index in [-0.39, 0.29) is 5.91 Å². The first-order chi connectivity index (χ1) is 4.24. The van der Waals surface area contributed by atoms with Gasteiger partial charge >= 0.3 is 6.03 Å². The van der Waals surface area contributed by atoms with Crippen LogP contribution in [0.25, 0.3) is 0 Å². The molecule has 0 radical (unpaired) electrons. The Morgan fingerprint density at radius 2 is 2.22 bits per heavy atom. The zero-order valence-corrected chi connectivity index (χ0v) is 5.44. The van der Waals surface area contributed by atoms with Gasteiger partial charge in [-0.05, 0) is 0 Å². The molecule has 1 rings (SSSR count). The zero-order chi connectivity index (χ0) is 6.85. The number of imide groups is 1. The second-order valence-corrected chi connectivity index (χ2v) is 2.06. The van der Waals surface area contributed by atoms with Crippen molar-refractivity contribution in [1.82, 2.24) is 10.6 Å². The molecule has 0 spiro atoms. The predicted octanol–water partition coefficient (Wildman–Crippen LogP) is -0.876. The molecule has 1 heterocycles. The topological polar surface area (TPSA) is 58.2 Å². The monoisotopic (exact) mass is 146 g/mol. The smallest absolute Gasteiger partial charge is 0.322 e. The molecule has 4 nitrogen and oxygen atoms in total. The lowest BCUT2D eigenvalue weighted by molar-refractivity contribution is -0.119. The Labute approximate surface area is 57.4 Å². The van der Waals surface area contributed by atoms with E-state index in [4.69, 9.17) is 0 Å². The van der Waals surface area contributed by atoms with Crippen LogP contribution in [0, 0.1) is 0 Å². The van der Waals surface area contributed by atoms with Crippen LogP contribution in [-0.2, 0) is 4.79 Å². The fraction of sp³-hybridized carbons (Fsp3) is 0.500. The lowest BCUT2D eigenvalue weighted by Crippen LogP contribution is -2.30. The molecule has 5 heteroatoms. The van der Waals surface area contributed by atoms with Gasteiger partial charge in [0.05, 0.1) is 0 Å². The lowest BCUT2D eigenvalue weighted by Gasteiger charge is -1.97. The fourth-order valence-electron chi connectivity index (χ4n) is 0.587. The number of hydrogen-bond donors (Lipinski definition) is 3. The maximum Gasteiger partial charge on any atom is 0.322 e. The van der Waals surface area contributed by atoms with Gasteiger partial charge in [0.2, 0.25) is 0 Å². The predicted molar refractivity (Wildman–Crippen MR) is 34.3 cm³/mol. The van der Waals surface area contributed by atoms with Crippen LogP contribution in [-0.4, -0.2) is 23.7 Å². The van der Waals surface area contributed by atoms with Crippen LogP contribution in [0.1, 0.15) is 0 Å². The van der Waals surface area contributed by atoms with Crippen LogP contribution < -0.4 is 10.6 Å². The Morgan fingerprint density at radius 3 is 2.44 bits per heavy atom. The van der Waals surface area contributed by atoms with E-state index >= 15 is 0 Å². The zero-order valence-electron chi connectivity index (χ0n) is 4.55. The van der Waals surface area contributed by atoms with Gasteiger partial charge in [-0.3, -0.25) is 10.1 Å². The van der Waals surface area contributed by atoms with Crippen molar-refractivity contribution in [3.8, 4) is 0 Å². The van der Waals surface area contributed by atoms with Gasteiger partial charge < -0.3 is 5.32 Å². The molecule has 3 amide bonds. The number of carbonyl (C=O) groups is 2. The van der Waals surface area contributed by atoms with Crippen molar-refractivity contribution < 1.29 is 9.59 Å². The summed E-state index contributed by atoms with van der Waals surface area (Å²) in [6.07, 6.45) is 0. The first-order valence-corrected chi connectivity index (χ1v) is 3.09. The van der Waals surface area contributed by atoms with E-state index < -0.39 is 12.1 Å². The van der Waals surface area contributed by atoms with Crippen LogP contribution in [0.4, 0.5) is 4.79 Å². The van der Waals surface area contributed by atoms with Gasteiger partial charge in [-0.15, -0.1) is 0 Å². The quantitative estimate of drug-likeness (QED) is 0.332. The minimum absolute atomic E-state index is 0.296. The largest absolute Gasteiger partial charge is 0.325 e. The molecular formula is C4H6N2O2S. The molecule has 0 aromatic heterocycles. The molecule has 0 aromatic carbocycles. The molecule has 9 heavy (non-hydrogen) atoms. The molecule has 1 fully saturated rings. The first-order valence-electron chi connectivity index (χ1n) is 2.46. The highest BCUT2D eigenvalue weighted by molar-refractivity contribution is 7.80. The molecule has 1 aliphatic heterocycles. The Hall–Kier alpha value is -0.710. The molecule has 0 aromatic rings. The van der Waals surface area contributed by atoms with Gasteiger partial charge in [-0.2, -0.15) is 12.6 Å². The second kappa shape index (κ2) is 2.26. The van der Waals surface area contributed by atoms with E-state index in [1.54, 1.807) is 0 Å². The molecule has 0 saturated carbocycles. The minimum atomic E-state index is -0.444. The number of carbonyl (C=O) groups excluding carboxylic acids is 2. The highest BCUT2D eigenvalue weighted by Gasteiger charge is 2.27. The standard InChI is InChI=1S/C4H6N2O2S/c7-3-2(1-9)5-4(8)6-3/h2,9H,1H2,(H2,5,6,7,8). The fourth-order valence-corrected chi connectivity index (χ4v) is 0.845. The number of rotatable bonds is 1. The van der Waals surface area contributed by atoms with Crippen molar-refractivity contribution in [2.24, 2.45) is 0 Å². The van der Waals surface area contributed by atoms with Crippen molar-refractivity contribution in [2.75, 3.05) is 5.75 Å². The van der Waals surface area contributed by atoms with Gasteiger partial charge in [0, 0.05) is 5.75 Å². The Kier molecular flexibility index (Phi) is 1.61. The van der Waals surface area contributed by atoms with Crippen LogP contribution in [0.2, 0.25) is 0 Å². The SMILES string of the molecule is O=C1NC(=O)C(CS)N1. The lowest BCUT2D eigenvalue weighted by atomic mass is 10.3. The summed E-state index contributed by atoms with van der Waals surface area (Å²) in [5.41, 5.74) is 0. The highest BCUT2D eigenvalue weighted by atomic mass is 32.1. The summed E-state index contributed by atoms with van der Waals surface area (Å²) >= 11 is 3.84. The first kappa shape index (κ1) is 6.41. The Morgan fingerprint density at radius 1 is 1.56 bits per heavy atom. The van der Waals surface area contributed by atoms with Crippen molar-refractivity contribution in [1.29, 1.82) is 0 Å². The van der Waals surface area contributed by atoms with E-state index in [0.717, 1.165) is 0 Å². The van der Waals surface area contributed by atoms with Crippen molar-refractivity contribution in [3.63, 3.8) is 0 Å². The van der Waals surface area contributed by atoms with Crippen LogP contribution in [0.5, 0.6) is 0 Å². The minimum Gasteiger partial charge on any atom is -0.325 e. The summed E-state index contributed by atoms with van der Waals surface area (Å²) in [4.78, 5) is 20.9. The summed E-state index contributed by atoms with van der Waals surface area (Å²) in [6, 6.07) is -0.875. The second-order valence-electron chi connectivity index (χ2n) is 1.70. The molecular weight excluding hydrogens is 140 g/mol. The van der Waals surface area contributed by atoms with Crippen molar-refractivity contribution in [2.45, 2.75) is 6.04 Å². The van der Waals surface area contributed by atoms with Crippen LogP contribution in [0.15, 0.2) is 0 Å². The molecule has 0 bridgehead atoms. The number of amides is 3. The van der Waals surface area contributed by atoms with Crippen molar-refractivity contribution in [3.05, 3.63) is 0 Å². The van der Waals surface area contributed by atoms with Crippen LogP contribution in [0.3, 0.4) is 0 Å². The molecule has 1 saturated heterocycles. The third kappa shape index (κ3) is 1.16. The van der Waals surface area contributed by atoms with E-state index in [9.17, 15) is 9.59 Å². The highest BCUT2D eigenvalue weighted by Crippen LogP contribution is 1.93. The molecule has 0 aliphatic carbocycles. The number of nitrogens with one attached hydrogen (secondary N) is 2. The van der Waals surface area contributed by atoms with E-state index in [2.05, 4.69) is 23.3 Å². The molecule has 1 atom stereocenters. The summed E-state index contributed by atoms with van der Waals surface area (Å²) in [7, 11) is 0. The van der Waals surface area contributed by atoms with Gasteiger partial charge in [0.15, 0.2) is 0 Å². The number of urea groups is 1. The van der Waals surface area contributed by atoms with E-state index in [1.807, 2.05) is 0 Å². The molecule has 50 valence electrons. The Bertz CT molecular complexity index is 159. The Balaban J connectivity index is 2.58. The molecule has 1 aliphatic rings.